The van der Waals surface area contributed by atoms with Crippen LogP contribution in [0.15, 0.2) is 64.7 Å². The fourth-order valence-corrected chi connectivity index (χ4v) is 3.60. The first-order valence-electron chi connectivity index (χ1n) is 10.5. The molecular formula is C25H19ClN2O8. The summed E-state index contributed by atoms with van der Waals surface area (Å²) < 4.78 is 15.8. The van der Waals surface area contributed by atoms with E-state index < -0.39 is 23.9 Å². The molecule has 3 amide bonds. The summed E-state index contributed by atoms with van der Waals surface area (Å²) in [7, 11) is 1.21. The summed E-state index contributed by atoms with van der Waals surface area (Å²) in [5, 5.41) is 12.0. The minimum atomic E-state index is -1.05. The molecule has 1 aliphatic rings. The number of carbonyl (C=O) groups is 4. The second-order valence-corrected chi connectivity index (χ2v) is 8.05. The van der Waals surface area contributed by atoms with Crippen molar-refractivity contribution in [2.75, 3.05) is 7.11 Å². The molecular weight excluding hydrogens is 492 g/mol. The van der Waals surface area contributed by atoms with Gasteiger partial charge in [-0.15, -0.1) is 0 Å². The summed E-state index contributed by atoms with van der Waals surface area (Å²) in [6, 6.07) is 13.3. The van der Waals surface area contributed by atoms with Crippen molar-refractivity contribution in [1.82, 2.24) is 10.2 Å². The van der Waals surface area contributed by atoms with Gasteiger partial charge in [0.2, 0.25) is 5.76 Å². The van der Waals surface area contributed by atoms with Gasteiger partial charge in [0, 0.05) is 10.6 Å². The van der Waals surface area contributed by atoms with Crippen molar-refractivity contribution in [2.45, 2.75) is 13.2 Å². The molecule has 11 heteroatoms. The number of furan rings is 1. The van der Waals surface area contributed by atoms with Crippen molar-refractivity contribution in [3.63, 3.8) is 0 Å². The number of carboxylic acid groups (broad SMARTS) is 1. The first-order chi connectivity index (χ1) is 17.2. The van der Waals surface area contributed by atoms with Gasteiger partial charge in [0.1, 0.15) is 23.8 Å². The van der Waals surface area contributed by atoms with E-state index in [2.05, 4.69) is 10.1 Å². The number of imide groups is 1. The molecule has 2 aromatic carbocycles. The maximum atomic E-state index is 12.9. The molecule has 0 saturated carbocycles. The third-order valence-corrected chi connectivity index (χ3v) is 5.40. The molecule has 0 spiro atoms. The fourth-order valence-electron chi connectivity index (χ4n) is 3.42. The van der Waals surface area contributed by atoms with Crippen LogP contribution >= 0.6 is 11.6 Å². The molecule has 184 valence electrons. The fraction of sp³-hybridized carbons (Fsp3) is 0.120. The number of carbonyl (C=O) groups excluding carboxylic acids is 3. The van der Waals surface area contributed by atoms with Gasteiger partial charge in [-0.05, 0) is 54.1 Å². The highest BCUT2D eigenvalue weighted by Gasteiger charge is 2.34. The zero-order chi connectivity index (χ0) is 25.8. The van der Waals surface area contributed by atoms with Crippen molar-refractivity contribution in [3.8, 4) is 5.75 Å². The molecule has 10 nitrogen and oxygen atoms in total. The number of rotatable bonds is 8. The number of hydrogen-bond donors (Lipinski definition) is 2. The number of carboxylic acids is 1. The highest BCUT2D eigenvalue weighted by atomic mass is 35.5. The van der Waals surface area contributed by atoms with Crippen molar-refractivity contribution < 1.29 is 38.2 Å². The molecule has 0 radical (unpaired) electrons. The first-order valence-corrected chi connectivity index (χ1v) is 10.9. The highest BCUT2D eigenvalue weighted by molar-refractivity contribution is 6.30. The molecule has 2 heterocycles. The third-order valence-electron chi connectivity index (χ3n) is 5.16. The molecule has 0 aliphatic carbocycles. The van der Waals surface area contributed by atoms with Crippen LogP contribution in [-0.2, 0) is 22.7 Å². The number of methoxy groups -OCH3 is 1. The van der Waals surface area contributed by atoms with Crippen LogP contribution in [0.3, 0.4) is 0 Å². The minimum absolute atomic E-state index is 0.0141. The Hall–Kier alpha value is -4.57. The van der Waals surface area contributed by atoms with Gasteiger partial charge < -0.3 is 24.3 Å². The Labute approximate surface area is 209 Å². The summed E-state index contributed by atoms with van der Waals surface area (Å²) in [4.78, 5) is 49.0. The molecule has 1 saturated heterocycles. The molecule has 1 fully saturated rings. The second kappa shape index (κ2) is 10.4. The van der Waals surface area contributed by atoms with Crippen LogP contribution in [0.1, 0.15) is 37.8 Å². The monoisotopic (exact) mass is 510 g/mol. The number of nitrogens with zero attached hydrogens (tertiary/aromatic N) is 1. The standard InChI is InChI=1S/C25H19ClN2O8/c1-34-24(32)21-8-6-18(36-21)12-28-22(29)19(27-25(28)33)11-16-10-17(26)5-7-20(16)35-13-14-3-2-4-15(9-14)23(30)31/h2-11H,12-13H2,1H3,(H,27,33)(H,30,31)/b19-11-. The number of urea groups is 1. The van der Waals surface area contributed by atoms with Gasteiger partial charge in [-0.2, -0.15) is 0 Å². The van der Waals surface area contributed by atoms with Crippen LogP contribution in [0.2, 0.25) is 5.02 Å². The molecule has 2 N–H and O–H groups in total. The predicted octanol–water partition coefficient (Wildman–Crippen LogP) is 4.09. The lowest BCUT2D eigenvalue weighted by Crippen LogP contribution is -2.30. The molecule has 1 aliphatic heterocycles. The molecule has 3 aromatic rings. The van der Waals surface area contributed by atoms with Gasteiger partial charge in [-0.25, -0.2) is 14.4 Å². The van der Waals surface area contributed by atoms with Gasteiger partial charge in [0.15, 0.2) is 0 Å². The van der Waals surface area contributed by atoms with Crippen LogP contribution in [0.5, 0.6) is 5.75 Å². The van der Waals surface area contributed by atoms with Gasteiger partial charge in [0.25, 0.3) is 5.91 Å². The Balaban J connectivity index is 1.52. The molecule has 4 rings (SSSR count). The highest BCUT2D eigenvalue weighted by Crippen LogP contribution is 2.28. The zero-order valence-corrected chi connectivity index (χ0v) is 19.6. The number of ether oxygens (including phenoxy) is 2. The number of amides is 3. The Morgan fingerprint density at radius 1 is 1.14 bits per heavy atom. The van der Waals surface area contributed by atoms with Gasteiger partial charge in [0.05, 0.1) is 19.2 Å². The van der Waals surface area contributed by atoms with E-state index in [4.69, 9.17) is 25.9 Å². The smallest absolute Gasteiger partial charge is 0.373 e. The van der Waals surface area contributed by atoms with Crippen molar-refractivity contribution in [1.29, 1.82) is 0 Å². The lowest BCUT2D eigenvalue weighted by molar-refractivity contribution is -0.123. The van der Waals surface area contributed by atoms with E-state index in [0.29, 0.717) is 21.9 Å². The number of nitrogens with one attached hydrogen (secondary N) is 1. The summed E-state index contributed by atoms with van der Waals surface area (Å²) in [5.74, 6) is -1.81. The first kappa shape index (κ1) is 24.6. The number of halogens is 1. The van der Waals surface area contributed by atoms with E-state index >= 15 is 0 Å². The van der Waals surface area contributed by atoms with Crippen molar-refractivity contribution in [2.24, 2.45) is 0 Å². The Kier molecular flexibility index (Phi) is 7.07. The minimum Gasteiger partial charge on any atom is -0.488 e. The van der Waals surface area contributed by atoms with E-state index in [-0.39, 0.29) is 35.9 Å². The molecule has 1 aromatic heterocycles. The predicted molar refractivity (Wildman–Crippen MR) is 126 cm³/mol. The summed E-state index contributed by atoms with van der Waals surface area (Å²) >= 11 is 6.13. The molecule has 0 unspecified atom stereocenters. The average Bonchev–Trinajstić information content (AvgIpc) is 3.43. The largest absolute Gasteiger partial charge is 0.488 e. The lowest BCUT2D eigenvalue weighted by atomic mass is 10.1. The number of esters is 1. The molecule has 0 bridgehead atoms. The maximum Gasteiger partial charge on any atom is 0.373 e. The van der Waals surface area contributed by atoms with Crippen LogP contribution < -0.4 is 10.1 Å². The van der Waals surface area contributed by atoms with E-state index in [0.717, 1.165) is 4.90 Å². The summed E-state index contributed by atoms with van der Waals surface area (Å²) in [5.41, 5.74) is 1.17. The Bertz CT molecular complexity index is 1390. The summed E-state index contributed by atoms with van der Waals surface area (Å²) in [6.07, 6.45) is 1.43. The van der Waals surface area contributed by atoms with E-state index in [1.807, 2.05) is 0 Å². The normalized spacial score (nSPS) is 14.2. The van der Waals surface area contributed by atoms with Crippen LogP contribution in [0.25, 0.3) is 6.08 Å². The maximum absolute atomic E-state index is 12.9. The van der Waals surface area contributed by atoms with Crippen LogP contribution in [0.4, 0.5) is 4.79 Å². The number of hydrogen-bond acceptors (Lipinski definition) is 7. The Morgan fingerprint density at radius 2 is 1.94 bits per heavy atom. The van der Waals surface area contributed by atoms with E-state index in [9.17, 15) is 19.2 Å². The topological polar surface area (TPSA) is 135 Å². The number of aromatic carboxylic acids is 1. The van der Waals surface area contributed by atoms with Gasteiger partial charge in [-0.3, -0.25) is 9.69 Å². The molecule has 0 atom stereocenters. The van der Waals surface area contributed by atoms with Gasteiger partial charge in [-0.1, -0.05) is 23.7 Å². The SMILES string of the molecule is COC(=O)c1ccc(CN2C(=O)N/C(=C\c3cc(Cl)ccc3OCc3cccc(C(=O)O)c3)C2=O)o1. The van der Waals surface area contributed by atoms with Gasteiger partial charge >= 0.3 is 18.0 Å². The average molecular weight is 511 g/mol. The third kappa shape index (κ3) is 5.39. The second-order valence-electron chi connectivity index (χ2n) is 7.61. The quantitative estimate of drug-likeness (QED) is 0.263. The van der Waals surface area contributed by atoms with E-state index in [1.165, 1.54) is 37.5 Å². The lowest BCUT2D eigenvalue weighted by Gasteiger charge is -2.11. The molecule has 36 heavy (non-hydrogen) atoms. The van der Waals surface area contributed by atoms with Crippen molar-refractivity contribution in [3.05, 3.63) is 93.5 Å². The number of benzene rings is 2. The van der Waals surface area contributed by atoms with E-state index in [1.54, 1.807) is 30.3 Å². The Morgan fingerprint density at radius 3 is 2.69 bits per heavy atom. The van der Waals surface area contributed by atoms with Crippen molar-refractivity contribution >= 4 is 41.6 Å². The summed E-state index contributed by atoms with van der Waals surface area (Å²) in [6.45, 7) is -0.135. The zero-order valence-electron chi connectivity index (χ0n) is 18.8. The van der Waals surface area contributed by atoms with Crippen LogP contribution in [0, 0.1) is 0 Å². The van der Waals surface area contributed by atoms with Crippen LogP contribution in [-0.4, -0.2) is 41.0 Å².